The number of aryl methyl sites for hydroxylation is 1. The molecule has 1 N–H and O–H groups in total. The molecule has 2 saturated heterocycles. The molecule has 1 aromatic heterocycles. The molecule has 3 heterocycles. The van der Waals surface area contributed by atoms with E-state index in [2.05, 4.69) is 20.4 Å². The number of rotatable bonds is 5. The van der Waals surface area contributed by atoms with Crippen LogP contribution >= 0.6 is 0 Å². The minimum Gasteiger partial charge on any atom is -0.387 e. The lowest BCUT2D eigenvalue weighted by Gasteiger charge is -2.41. The number of aromatic nitrogens is 4. The van der Waals surface area contributed by atoms with Gasteiger partial charge in [0.15, 0.2) is 0 Å². The maximum Gasteiger partial charge on any atom is 0.224 e. The zero-order valence-corrected chi connectivity index (χ0v) is 14.3. The summed E-state index contributed by atoms with van der Waals surface area (Å²) in [5, 5.41) is 21.9. The van der Waals surface area contributed by atoms with Gasteiger partial charge in [-0.3, -0.25) is 4.79 Å². The van der Waals surface area contributed by atoms with Gasteiger partial charge in [0, 0.05) is 19.5 Å². The molecule has 0 radical (unpaired) electrons. The number of amides is 1. The molecule has 0 spiro atoms. The van der Waals surface area contributed by atoms with Crippen LogP contribution in [0.25, 0.3) is 0 Å². The van der Waals surface area contributed by atoms with Crippen LogP contribution in [0, 0.1) is 0 Å². The first-order valence-electron chi connectivity index (χ1n) is 9.08. The average molecular weight is 336 g/mol. The van der Waals surface area contributed by atoms with E-state index in [0.29, 0.717) is 26.1 Å². The number of hydrogen-bond donors (Lipinski definition) is 1. The SMILES string of the molecule is O=C(CCn1cnnn1)N1CCCC(O)(CN2CCCCCC2)C1. The number of carbonyl (C=O) groups is 1. The highest BCUT2D eigenvalue weighted by atomic mass is 16.3. The molecule has 8 heteroatoms. The van der Waals surface area contributed by atoms with Crippen molar-refractivity contribution < 1.29 is 9.90 Å². The summed E-state index contributed by atoms with van der Waals surface area (Å²) in [4.78, 5) is 16.6. The number of nitrogens with zero attached hydrogens (tertiary/aromatic N) is 6. The number of tetrazole rings is 1. The highest BCUT2D eigenvalue weighted by molar-refractivity contribution is 5.76. The third kappa shape index (κ3) is 4.73. The zero-order chi connectivity index (χ0) is 16.8. The lowest BCUT2D eigenvalue weighted by atomic mass is 9.91. The van der Waals surface area contributed by atoms with Gasteiger partial charge < -0.3 is 14.9 Å². The molecule has 2 fully saturated rings. The Balaban J connectivity index is 1.51. The lowest BCUT2D eigenvalue weighted by molar-refractivity contribution is -0.139. The van der Waals surface area contributed by atoms with Crippen molar-refractivity contribution in [1.29, 1.82) is 0 Å². The van der Waals surface area contributed by atoms with Crippen molar-refractivity contribution in [3.05, 3.63) is 6.33 Å². The Morgan fingerprint density at radius 1 is 1.12 bits per heavy atom. The standard InChI is InChI=1S/C16H28N6O2/c23-15(6-11-22-14-17-18-19-22)21-10-5-7-16(24,13-21)12-20-8-3-1-2-4-9-20/h14,24H,1-13H2. The summed E-state index contributed by atoms with van der Waals surface area (Å²) in [6.45, 7) is 4.47. The van der Waals surface area contributed by atoms with Gasteiger partial charge in [0.2, 0.25) is 5.91 Å². The number of aliphatic hydroxyl groups is 1. The summed E-state index contributed by atoms with van der Waals surface area (Å²) in [6, 6.07) is 0. The number of carbonyl (C=O) groups excluding carboxylic acids is 1. The van der Waals surface area contributed by atoms with Crippen molar-refractivity contribution >= 4 is 5.91 Å². The van der Waals surface area contributed by atoms with Gasteiger partial charge in [0.1, 0.15) is 6.33 Å². The number of likely N-dealkylation sites (tertiary alicyclic amines) is 2. The molecule has 1 unspecified atom stereocenters. The van der Waals surface area contributed by atoms with E-state index < -0.39 is 5.60 Å². The fourth-order valence-electron chi connectivity index (χ4n) is 3.82. The molecular weight excluding hydrogens is 308 g/mol. The van der Waals surface area contributed by atoms with Crippen molar-refractivity contribution in [2.45, 2.75) is 57.1 Å². The molecule has 8 nitrogen and oxygen atoms in total. The predicted molar refractivity (Wildman–Crippen MR) is 88.1 cm³/mol. The van der Waals surface area contributed by atoms with E-state index in [1.54, 1.807) is 4.68 Å². The Morgan fingerprint density at radius 2 is 1.92 bits per heavy atom. The van der Waals surface area contributed by atoms with E-state index in [1.165, 1.54) is 32.0 Å². The van der Waals surface area contributed by atoms with Gasteiger partial charge >= 0.3 is 0 Å². The van der Waals surface area contributed by atoms with Crippen LogP contribution in [0.1, 0.15) is 44.9 Å². The summed E-state index contributed by atoms with van der Waals surface area (Å²) in [5.74, 6) is 0.0690. The molecule has 2 aliphatic heterocycles. The monoisotopic (exact) mass is 336 g/mol. The Morgan fingerprint density at radius 3 is 2.62 bits per heavy atom. The van der Waals surface area contributed by atoms with E-state index >= 15 is 0 Å². The fraction of sp³-hybridized carbons (Fsp3) is 0.875. The zero-order valence-electron chi connectivity index (χ0n) is 14.3. The normalized spacial score (nSPS) is 26.3. The summed E-state index contributed by atoms with van der Waals surface area (Å²) >= 11 is 0. The third-order valence-corrected chi connectivity index (χ3v) is 5.07. The topological polar surface area (TPSA) is 87.4 Å². The number of piperidine rings is 1. The largest absolute Gasteiger partial charge is 0.387 e. The second-order valence-corrected chi connectivity index (χ2v) is 7.16. The van der Waals surface area contributed by atoms with E-state index in [-0.39, 0.29) is 5.91 Å². The van der Waals surface area contributed by atoms with Gasteiger partial charge in [-0.2, -0.15) is 0 Å². The molecule has 2 aliphatic rings. The van der Waals surface area contributed by atoms with Crippen molar-refractivity contribution in [2.75, 3.05) is 32.7 Å². The first kappa shape index (κ1) is 17.3. The van der Waals surface area contributed by atoms with Crippen LogP contribution in [0.4, 0.5) is 0 Å². The smallest absolute Gasteiger partial charge is 0.224 e. The van der Waals surface area contributed by atoms with Gasteiger partial charge in [-0.25, -0.2) is 4.68 Å². The van der Waals surface area contributed by atoms with Crippen LogP contribution in [0.3, 0.4) is 0 Å². The van der Waals surface area contributed by atoms with Crippen molar-refractivity contribution in [3.63, 3.8) is 0 Å². The van der Waals surface area contributed by atoms with Gasteiger partial charge in [-0.05, 0) is 49.2 Å². The minimum atomic E-state index is -0.771. The van der Waals surface area contributed by atoms with Crippen molar-refractivity contribution in [3.8, 4) is 0 Å². The Kier molecular flexibility index (Phi) is 5.78. The fourth-order valence-corrected chi connectivity index (χ4v) is 3.82. The van der Waals surface area contributed by atoms with E-state index in [0.717, 1.165) is 32.5 Å². The molecule has 134 valence electrons. The van der Waals surface area contributed by atoms with Crippen LogP contribution in [-0.4, -0.2) is 79.3 Å². The van der Waals surface area contributed by atoms with Crippen molar-refractivity contribution in [2.24, 2.45) is 0 Å². The highest BCUT2D eigenvalue weighted by Gasteiger charge is 2.36. The predicted octanol–water partition coefficient (Wildman–Crippen LogP) is 0.293. The summed E-state index contributed by atoms with van der Waals surface area (Å²) in [6.07, 6.45) is 8.52. The van der Waals surface area contributed by atoms with E-state index in [9.17, 15) is 9.90 Å². The summed E-state index contributed by atoms with van der Waals surface area (Å²) in [7, 11) is 0. The van der Waals surface area contributed by atoms with Crippen LogP contribution in [0.2, 0.25) is 0 Å². The van der Waals surface area contributed by atoms with Crippen LogP contribution in [0.5, 0.6) is 0 Å². The molecule has 24 heavy (non-hydrogen) atoms. The second-order valence-electron chi connectivity index (χ2n) is 7.16. The quantitative estimate of drug-likeness (QED) is 0.832. The first-order chi connectivity index (χ1) is 11.6. The van der Waals surface area contributed by atoms with Gasteiger partial charge in [-0.15, -0.1) is 5.10 Å². The molecule has 3 rings (SSSR count). The highest BCUT2D eigenvalue weighted by Crippen LogP contribution is 2.24. The molecule has 0 saturated carbocycles. The Bertz CT molecular complexity index is 515. The molecule has 1 aromatic rings. The van der Waals surface area contributed by atoms with Crippen molar-refractivity contribution in [1.82, 2.24) is 30.0 Å². The molecular formula is C16H28N6O2. The van der Waals surface area contributed by atoms with Crippen LogP contribution < -0.4 is 0 Å². The van der Waals surface area contributed by atoms with Gasteiger partial charge in [0.05, 0.1) is 18.7 Å². The Labute approximate surface area is 142 Å². The van der Waals surface area contributed by atoms with E-state index in [1.807, 2.05) is 4.90 Å². The van der Waals surface area contributed by atoms with Crippen LogP contribution in [-0.2, 0) is 11.3 Å². The first-order valence-corrected chi connectivity index (χ1v) is 9.08. The number of β-amino-alcohol motifs (C(OH)–C–C–N with tert-alkyl or cyclic N) is 1. The molecule has 0 aromatic carbocycles. The molecule has 0 aliphatic carbocycles. The molecule has 0 bridgehead atoms. The molecule has 1 amide bonds. The molecule has 1 atom stereocenters. The summed E-state index contributed by atoms with van der Waals surface area (Å²) in [5.41, 5.74) is -0.771. The maximum absolute atomic E-state index is 12.4. The van der Waals surface area contributed by atoms with E-state index in [4.69, 9.17) is 0 Å². The second kappa shape index (κ2) is 8.02. The Hall–Kier alpha value is -1.54. The third-order valence-electron chi connectivity index (χ3n) is 5.07. The minimum absolute atomic E-state index is 0.0690. The summed E-state index contributed by atoms with van der Waals surface area (Å²) < 4.78 is 1.56. The number of hydrogen-bond acceptors (Lipinski definition) is 6. The average Bonchev–Trinajstić information content (AvgIpc) is 2.97. The maximum atomic E-state index is 12.4. The van der Waals surface area contributed by atoms with Crippen LogP contribution in [0.15, 0.2) is 6.33 Å². The lowest BCUT2D eigenvalue weighted by Crippen LogP contribution is -2.55. The van der Waals surface area contributed by atoms with Gasteiger partial charge in [0.25, 0.3) is 0 Å². The van der Waals surface area contributed by atoms with Gasteiger partial charge in [-0.1, -0.05) is 12.8 Å².